The lowest BCUT2D eigenvalue weighted by Gasteiger charge is -2.12. The van der Waals surface area contributed by atoms with E-state index in [1.54, 1.807) is 31.6 Å². The number of anilines is 1. The molecule has 0 fully saturated rings. The van der Waals surface area contributed by atoms with Gasteiger partial charge in [-0.25, -0.2) is 0 Å². The molecule has 0 aromatic heterocycles. The number of primary amides is 1. The third-order valence-corrected chi connectivity index (χ3v) is 2.86. The number of methoxy groups -OCH3 is 1. The molecule has 1 aromatic carbocycles. The Morgan fingerprint density at radius 2 is 2.17 bits per heavy atom. The highest BCUT2D eigenvalue weighted by Crippen LogP contribution is 2.28. The van der Waals surface area contributed by atoms with Crippen LogP contribution in [0.3, 0.4) is 0 Å². The van der Waals surface area contributed by atoms with Gasteiger partial charge in [0.2, 0.25) is 0 Å². The molecule has 94 valence electrons. The van der Waals surface area contributed by atoms with Crippen LogP contribution in [0, 0.1) is 11.3 Å². The molecule has 0 unspecified atom stereocenters. The van der Waals surface area contributed by atoms with Crippen LogP contribution in [0.1, 0.15) is 0 Å². The number of benzene rings is 1. The molecule has 0 radical (unpaired) electrons. The summed E-state index contributed by atoms with van der Waals surface area (Å²) in [5.74, 6) is -0.143. The van der Waals surface area contributed by atoms with Crippen LogP contribution in [0.15, 0.2) is 34.9 Å². The second-order valence-corrected chi connectivity index (χ2v) is 4.03. The summed E-state index contributed by atoms with van der Waals surface area (Å²) >= 11 is 1.23. The quantitative estimate of drug-likeness (QED) is 0.623. The molecule has 0 bridgehead atoms. The van der Waals surface area contributed by atoms with E-state index in [4.69, 9.17) is 15.7 Å². The van der Waals surface area contributed by atoms with Gasteiger partial charge < -0.3 is 15.8 Å². The van der Waals surface area contributed by atoms with Gasteiger partial charge in [-0.3, -0.25) is 4.79 Å². The molecular formula is C12H13N3O2S. The fraction of sp³-hybridized carbons (Fsp3) is 0.167. The Labute approximate surface area is 110 Å². The van der Waals surface area contributed by atoms with Gasteiger partial charge >= 0.3 is 0 Å². The van der Waals surface area contributed by atoms with Gasteiger partial charge in [0.1, 0.15) is 17.4 Å². The van der Waals surface area contributed by atoms with E-state index in [-0.39, 0.29) is 5.57 Å². The molecule has 6 heteroatoms. The van der Waals surface area contributed by atoms with Gasteiger partial charge in [-0.15, -0.1) is 11.8 Å². The lowest BCUT2D eigenvalue weighted by Crippen LogP contribution is -2.16. The molecule has 1 amide bonds. The number of nitrogens with zero attached hydrogens (tertiary/aromatic N) is 1. The van der Waals surface area contributed by atoms with E-state index in [1.807, 2.05) is 12.1 Å². The molecule has 0 spiro atoms. The van der Waals surface area contributed by atoms with Crippen molar-refractivity contribution in [2.75, 3.05) is 18.7 Å². The minimum Gasteiger partial charge on any atom is -0.495 e. The molecule has 0 atom stereocenters. The SMILES string of the molecule is COc1ccccc1NC(SC)=C(C#N)C(N)=O. The topological polar surface area (TPSA) is 88.1 Å². The first-order valence-corrected chi connectivity index (χ1v) is 6.24. The first-order chi connectivity index (χ1) is 8.63. The fourth-order valence-electron chi connectivity index (χ4n) is 1.30. The number of ether oxygens (including phenoxy) is 1. The summed E-state index contributed by atoms with van der Waals surface area (Å²) in [5.41, 5.74) is 5.71. The highest BCUT2D eigenvalue weighted by atomic mass is 32.2. The third kappa shape index (κ3) is 3.18. The van der Waals surface area contributed by atoms with Crippen molar-refractivity contribution in [3.63, 3.8) is 0 Å². The van der Waals surface area contributed by atoms with Crippen LogP contribution in [-0.4, -0.2) is 19.3 Å². The Kier molecular flexibility index (Phi) is 5.08. The predicted octanol–water partition coefficient (Wildman–Crippen LogP) is 1.69. The van der Waals surface area contributed by atoms with Crippen molar-refractivity contribution in [1.29, 1.82) is 5.26 Å². The maximum absolute atomic E-state index is 11.1. The molecule has 0 saturated carbocycles. The number of nitriles is 1. The normalized spacial score (nSPS) is 11.2. The standard InChI is InChI=1S/C12H13N3O2S/c1-17-10-6-4-3-5-9(10)15-12(18-2)8(7-13)11(14)16/h3-6,15H,1-2H3,(H2,14,16). The van der Waals surface area contributed by atoms with Crippen LogP contribution in [0.4, 0.5) is 5.69 Å². The molecule has 18 heavy (non-hydrogen) atoms. The van der Waals surface area contributed by atoms with Gasteiger partial charge in [-0.2, -0.15) is 5.26 Å². The summed E-state index contributed by atoms with van der Waals surface area (Å²) in [7, 11) is 1.54. The molecule has 5 nitrogen and oxygen atoms in total. The number of nitrogens with one attached hydrogen (secondary N) is 1. The highest BCUT2D eigenvalue weighted by molar-refractivity contribution is 8.02. The Morgan fingerprint density at radius 3 is 2.67 bits per heavy atom. The Bertz CT molecular complexity index is 520. The number of amides is 1. The first kappa shape index (κ1) is 13.9. The lowest BCUT2D eigenvalue weighted by atomic mass is 10.2. The smallest absolute Gasteiger partial charge is 0.262 e. The molecule has 3 N–H and O–H groups in total. The van der Waals surface area contributed by atoms with Gasteiger partial charge in [0.15, 0.2) is 0 Å². The molecule has 0 saturated heterocycles. The number of thioether (sulfide) groups is 1. The Hall–Kier alpha value is -2.13. The average molecular weight is 263 g/mol. The zero-order valence-corrected chi connectivity index (χ0v) is 10.9. The summed E-state index contributed by atoms with van der Waals surface area (Å²) in [6.45, 7) is 0. The van der Waals surface area contributed by atoms with Crippen LogP contribution < -0.4 is 15.8 Å². The largest absolute Gasteiger partial charge is 0.495 e. The minimum absolute atomic E-state index is 0.103. The zero-order chi connectivity index (χ0) is 13.5. The molecule has 0 aliphatic heterocycles. The third-order valence-electron chi connectivity index (χ3n) is 2.14. The number of hydrogen-bond donors (Lipinski definition) is 2. The van der Waals surface area contributed by atoms with Crippen molar-refractivity contribution in [1.82, 2.24) is 0 Å². The summed E-state index contributed by atoms with van der Waals surface area (Å²) in [6, 6.07) is 8.99. The van der Waals surface area contributed by atoms with Crippen molar-refractivity contribution >= 4 is 23.4 Å². The van der Waals surface area contributed by atoms with Crippen LogP contribution >= 0.6 is 11.8 Å². The summed E-state index contributed by atoms with van der Waals surface area (Å²) < 4.78 is 5.17. The minimum atomic E-state index is -0.760. The number of hydrogen-bond acceptors (Lipinski definition) is 5. The van der Waals surface area contributed by atoms with Crippen LogP contribution in [0.5, 0.6) is 5.75 Å². The molecule has 0 aliphatic rings. The summed E-state index contributed by atoms with van der Waals surface area (Å²) in [4.78, 5) is 11.1. The van der Waals surface area contributed by atoms with Crippen molar-refractivity contribution < 1.29 is 9.53 Å². The maximum atomic E-state index is 11.1. The van der Waals surface area contributed by atoms with E-state index in [0.29, 0.717) is 16.5 Å². The van der Waals surface area contributed by atoms with Crippen LogP contribution in [0.25, 0.3) is 0 Å². The Balaban J connectivity index is 3.15. The van der Waals surface area contributed by atoms with E-state index in [9.17, 15) is 4.79 Å². The second kappa shape index (κ2) is 6.57. The molecule has 1 aromatic rings. The Morgan fingerprint density at radius 1 is 1.50 bits per heavy atom. The number of carbonyl (C=O) groups is 1. The van der Waals surface area contributed by atoms with Gasteiger partial charge in [0.25, 0.3) is 5.91 Å². The van der Waals surface area contributed by atoms with Gasteiger partial charge in [0, 0.05) is 0 Å². The van der Waals surface area contributed by atoms with E-state index in [0.717, 1.165) is 0 Å². The van der Waals surface area contributed by atoms with Crippen molar-refractivity contribution in [3.05, 3.63) is 34.9 Å². The first-order valence-electron chi connectivity index (χ1n) is 5.02. The van der Waals surface area contributed by atoms with Gasteiger partial charge in [-0.1, -0.05) is 12.1 Å². The van der Waals surface area contributed by atoms with Crippen LogP contribution in [0.2, 0.25) is 0 Å². The number of nitrogens with two attached hydrogens (primary N) is 1. The van der Waals surface area contributed by atoms with Gasteiger partial charge in [-0.05, 0) is 18.4 Å². The van der Waals surface area contributed by atoms with E-state index < -0.39 is 5.91 Å². The van der Waals surface area contributed by atoms with E-state index in [1.165, 1.54) is 11.8 Å². The van der Waals surface area contributed by atoms with Crippen molar-refractivity contribution in [2.45, 2.75) is 0 Å². The number of carbonyl (C=O) groups excluding carboxylic acids is 1. The molecule has 1 rings (SSSR count). The lowest BCUT2D eigenvalue weighted by molar-refractivity contribution is -0.114. The molecule has 0 aliphatic carbocycles. The average Bonchev–Trinajstić information content (AvgIpc) is 2.38. The van der Waals surface area contributed by atoms with E-state index in [2.05, 4.69) is 5.32 Å². The monoisotopic (exact) mass is 263 g/mol. The summed E-state index contributed by atoms with van der Waals surface area (Å²) in [6.07, 6.45) is 1.75. The number of rotatable bonds is 5. The second-order valence-electron chi connectivity index (χ2n) is 3.21. The van der Waals surface area contributed by atoms with Crippen molar-refractivity contribution in [3.8, 4) is 11.8 Å². The van der Waals surface area contributed by atoms with Crippen molar-refractivity contribution in [2.24, 2.45) is 5.73 Å². The van der Waals surface area contributed by atoms with E-state index >= 15 is 0 Å². The predicted molar refractivity (Wildman–Crippen MR) is 72.0 cm³/mol. The van der Waals surface area contributed by atoms with Gasteiger partial charge in [0.05, 0.1) is 17.8 Å². The molecular weight excluding hydrogens is 250 g/mol. The molecule has 0 heterocycles. The highest BCUT2D eigenvalue weighted by Gasteiger charge is 2.13. The summed E-state index contributed by atoms with van der Waals surface area (Å²) in [5, 5.41) is 12.3. The zero-order valence-electron chi connectivity index (χ0n) is 10.1. The van der Waals surface area contributed by atoms with Crippen LogP contribution in [-0.2, 0) is 4.79 Å². The number of para-hydroxylation sites is 2. The maximum Gasteiger partial charge on any atom is 0.262 e. The fourth-order valence-corrected chi connectivity index (χ4v) is 1.87.